The molecule has 106 valence electrons. The predicted molar refractivity (Wildman–Crippen MR) is 69.8 cm³/mol. The minimum atomic E-state index is -0.506. The fourth-order valence-corrected chi connectivity index (χ4v) is 1.69. The van der Waals surface area contributed by atoms with Crippen LogP contribution in [0.3, 0.4) is 0 Å². The van der Waals surface area contributed by atoms with Gasteiger partial charge in [0.1, 0.15) is 10.8 Å². The number of carbonyl (C=O) groups is 1. The molecular weight excluding hydrogens is 286 g/mol. The highest BCUT2D eigenvalue weighted by Gasteiger charge is 2.12. The highest BCUT2D eigenvalue weighted by molar-refractivity contribution is 6.29. The molecule has 0 saturated carbocycles. The number of halogens is 1. The highest BCUT2D eigenvalue weighted by atomic mass is 35.5. The SMILES string of the molecule is CCOC(=O)COc1cc(-c2ccnc(Cl)c2)n(O)n1. The summed E-state index contributed by atoms with van der Waals surface area (Å²) in [5.41, 5.74) is 0.985. The lowest BCUT2D eigenvalue weighted by Crippen LogP contribution is -2.14. The van der Waals surface area contributed by atoms with Gasteiger partial charge in [0.2, 0.25) is 5.88 Å². The monoisotopic (exact) mass is 297 g/mol. The van der Waals surface area contributed by atoms with E-state index in [1.54, 1.807) is 19.1 Å². The maximum Gasteiger partial charge on any atom is 0.344 e. The Morgan fingerprint density at radius 1 is 1.50 bits per heavy atom. The van der Waals surface area contributed by atoms with E-state index in [9.17, 15) is 10.0 Å². The topological polar surface area (TPSA) is 86.5 Å². The van der Waals surface area contributed by atoms with E-state index >= 15 is 0 Å². The maximum atomic E-state index is 11.2. The van der Waals surface area contributed by atoms with Crippen molar-refractivity contribution in [3.8, 4) is 17.1 Å². The molecule has 7 nitrogen and oxygen atoms in total. The van der Waals surface area contributed by atoms with E-state index in [1.807, 2.05) is 0 Å². The van der Waals surface area contributed by atoms with Crippen LogP contribution in [0.1, 0.15) is 6.92 Å². The number of hydrogen-bond donors (Lipinski definition) is 1. The number of aromatic nitrogens is 3. The second-order valence-electron chi connectivity index (χ2n) is 3.72. The molecule has 20 heavy (non-hydrogen) atoms. The summed E-state index contributed by atoms with van der Waals surface area (Å²) in [6.07, 6.45) is 1.50. The van der Waals surface area contributed by atoms with Gasteiger partial charge in [0, 0.05) is 17.8 Å². The fraction of sp³-hybridized carbons (Fsp3) is 0.250. The Labute approximate surface area is 119 Å². The van der Waals surface area contributed by atoms with Gasteiger partial charge in [-0.25, -0.2) is 9.78 Å². The van der Waals surface area contributed by atoms with E-state index in [0.717, 1.165) is 0 Å². The summed E-state index contributed by atoms with van der Waals surface area (Å²) < 4.78 is 9.83. The Hall–Kier alpha value is -2.28. The van der Waals surface area contributed by atoms with Crippen LogP contribution in [0.5, 0.6) is 5.88 Å². The molecular formula is C12H12ClN3O4. The largest absolute Gasteiger partial charge is 0.464 e. The van der Waals surface area contributed by atoms with Crippen molar-refractivity contribution in [1.82, 2.24) is 14.9 Å². The van der Waals surface area contributed by atoms with Crippen LogP contribution in [0.25, 0.3) is 11.3 Å². The summed E-state index contributed by atoms with van der Waals surface area (Å²) in [6.45, 7) is 1.70. The van der Waals surface area contributed by atoms with E-state index in [0.29, 0.717) is 16.1 Å². The summed E-state index contributed by atoms with van der Waals surface area (Å²) in [4.78, 5) is 15.6. The minimum absolute atomic E-state index is 0.100. The molecule has 8 heteroatoms. The number of nitrogens with zero attached hydrogens (tertiary/aromatic N) is 3. The molecule has 2 aromatic heterocycles. The summed E-state index contributed by atoms with van der Waals surface area (Å²) in [7, 11) is 0. The average Bonchev–Trinajstić information content (AvgIpc) is 2.78. The van der Waals surface area contributed by atoms with Gasteiger partial charge in [0.05, 0.1) is 6.61 Å². The van der Waals surface area contributed by atoms with Crippen molar-refractivity contribution in [3.63, 3.8) is 0 Å². The molecule has 0 radical (unpaired) electrons. The molecule has 2 aromatic rings. The molecule has 1 N–H and O–H groups in total. The van der Waals surface area contributed by atoms with Gasteiger partial charge in [0.25, 0.3) is 0 Å². The molecule has 0 saturated heterocycles. The summed E-state index contributed by atoms with van der Waals surface area (Å²) in [5.74, 6) is -0.406. The molecule has 0 aromatic carbocycles. The second-order valence-corrected chi connectivity index (χ2v) is 4.11. The van der Waals surface area contributed by atoms with Gasteiger partial charge in [-0.15, -0.1) is 0 Å². The van der Waals surface area contributed by atoms with Crippen LogP contribution < -0.4 is 4.74 Å². The van der Waals surface area contributed by atoms with Crippen molar-refractivity contribution in [2.75, 3.05) is 13.2 Å². The first-order valence-electron chi connectivity index (χ1n) is 5.80. The quantitative estimate of drug-likeness (QED) is 0.514. The molecule has 0 unspecified atom stereocenters. The molecule has 2 rings (SSSR count). The third kappa shape index (κ3) is 3.39. The Balaban J connectivity index is 2.12. The maximum absolute atomic E-state index is 11.2. The van der Waals surface area contributed by atoms with Gasteiger partial charge in [0.15, 0.2) is 6.61 Å². The Bertz CT molecular complexity index is 614. The number of esters is 1. The van der Waals surface area contributed by atoms with Crippen molar-refractivity contribution >= 4 is 17.6 Å². The number of ether oxygens (including phenoxy) is 2. The van der Waals surface area contributed by atoms with Gasteiger partial charge in [-0.05, 0) is 19.1 Å². The first-order valence-corrected chi connectivity index (χ1v) is 6.17. The van der Waals surface area contributed by atoms with Crippen molar-refractivity contribution in [2.24, 2.45) is 0 Å². The molecule has 0 fully saturated rings. The molecule has 0 aliphatic carbocycles. The number of carbonyl (C=O) groups excluding carboxylic acids is 1. The lowest BCUT2D eigenvalue weighted by atomic mass is 10.2. The van der Waals surface area contributed by atoms with Gasteiger partial charge in [-0.1, -0.05) is 21.5 Å². The van der Waals surface area contributed by atoms with E-state index < -0.39 is 5.97 Å². The average molecular weight is 298 g/mol. The smallest absolute Gasteiger partial charge is 0.344 e. The van der Waals surface area contributed by atoms with Crippen LogP contribution in [0.2, 0.25) is 5.15 Å². The molecule has 0 aliphatic rings. The highest BCUT2D eigenvalue weighted by Crippen LogP contribution is 2.24. The van der Waals surface area contributed by atoms with Crippen LogP contribution in [0.4, 0.5) is 0 Å². The first-order chi connectivity index (χ1) is 9.60. The van der Waals surface area contributed by atoms with Crippen molar-refractivity contribution < 1.29 is 19.5 Å². The van der Waals surface area contributed by atoms with Crippen LogP contribution >= 0.6 is 11.6 Å². The van der Waals surface area contributed by atoms with Crippen LogP contribution in [-0.2, 0) is 9.53 Å². The zero-order chi connectivity index (χ0) is 14.5. The number of rotatable bonds is 5. The predicted octanol–water partition coefficient (Wildman–Crippen LogP) is 1.78. The summed E-state index contributed by atoms with van der Waals surface area (Å²) in [6, 6.07) is 4.70. The molecule has 0 aliphatic heterocycles. The Kier molecular flexibility index (Phi) is 4.41. The van der Waals surface area contributed by atoms with E-state index in [-0.39, 0.29) is 24.2 Å². The van der Waals surface area contributed by atoms with Gasteiger partial charge in [-0.3, -0.25) is 0 Å². The van der Waals surface area contributed by atoms with E-state index in [1.165, 1.54) is 12.3 Å². The molecule has 2 heterocycles. The lowest BCUT2D eigenvalue weighted by molar-refractivity contribution is -0.145. The van der Waals surface area contributed by atoms with Crippen LogP contribution in [0.15, 0.2) is 24.4 Å². The van der Waals surface area contributed by atoms with Crippen molar-refractivity contribution in [2.45, 2.75) is 6.92 Å². The second kappa shape index (κ2) is 6.25. The van der Waals surface area contributed by atoms with Gasteiger partial charge < -0.3 is 14.7 Å². The molecule has 0 bridgehead atoms. The zero-order valence-electron chi connectivity index (χ0n) is 10.6. The van der Waals surface area contributed by atoms with E-state index in [2.05, 4.69) is 10.1 Å². The van der Waals surface area contributed by atoms with Crippen molar-refractivity contribution in [1.29, 1.82) is 0 Å². The summed E-state index contributed by atoms with van der Waals surface area (Å²) in [5, 5.41) is 13.7. The lowest BCUT2D eigenvalue weighted by Gasteiger charge is -2.01. The molecule has 0 amide bonds. The molecule has 0 atom stereocenters. The van der Waals surface area contributed by atoms with Gasteiger partial charge in [-0.2, -0.15) is 0 Å². The Morgan fingerprint density at radius 3 is 3.00 bits per heavy atom. The fourth-order valence-electron chi connectivity index (χ4n) is 1.52. The molecule has 0 spiro atoms. The van der Waals surface area contributed by atoms with Crippen LogP contribution in [0, 0.1) is 0 Å². The zero-order valence-corrected chi connectivity index (χ0v) is 11.4. The first kappa shape index (κ1) is 14.1. The summed E-state index contributed by atoms with van der Waals surface area (Å²) >= 11 is 5.78. The van der Waals surface area contributed by atoms with E-state index in [4.69, 9.17) is 21.1 Å². The Morgan fingerprint density at radius 2 is 2.30 bits per heavy atom. The van der Waals surface area contributed by atoms with Crippen molar-refractivity contribution in [3.05, 3.63) is 29.5 Å². The standard InChI is InChI=1S/C12H12ClN3O4/c1-2-19-12(17)7-20-11-6-9(16(18)15-11)8-3-4-14-10(13)5-8/h3-6,18H,2,7H2,1H3. The van der Waals surface area contributed by atoms with Crippen LogP contribution in [-0.4, -0.2) is 39.3 Å². The normalized spacial score (nSPS) is 10.3. The third-order valence-corrected chi connectivity index (χ3v) is 2.54. The van der Waals surface area contributed by atoms with Gasteiger partial charge >= 0.3 is 5.97 Å². The number of pyridine rings is 1. The number of hydrogen-bond acceptors (Lipinski definition) is 6. The third-order valence-electron chi connectivity index (χ3n) is 2.33. The minimum Gasteiger partial charge on any atom is -0.464 e.